The molecular formula is C39H43N3O4. The zero-order valence-corrected chi connectivity index (χ0v) is 27.0. The lowest BCUT2D eigenvalue weighted by atomic mass is 9.92. The van der Waals surface area contributed by atoms with Gasteiger partial charge in [0.25, 0.3) is 17.7 Å². The second kappa shape index (κ2) is 14.1. The molecule has 1 aliphatic rings. The van der Waals surface area contributed by atoms with Crippen LogP contribution in [-0.2, 0) is 25.8 Å². The molecule has 0 aromatic heterocycles. The van der Waals surface area contributed by atoms with Crippen molar-refractivity contribution in [1.82, 2.24) is 15.5 Å². The average molecular weight is 618 g/mol. The van der Waals surface area contributed by atoms with Gasteiger partial charge < -0.3 is 20.6 Å². The number of fused-ring (bicyclic) bond motifs is 1. The third kappa shape index (κ3) is 7.90. The maximum absolute atomic E-state index is 13.9. The molecule has 7 heteroatoms. The zero-order valence-electron chi connectivity index (χ0n) is 27.0. The van der Waals surface area contributed by atoms with Gasteiger partial charge in [-0.3, -0.25) is 14.4 Å². The van der Waals surface area contributed by atoms with Crippen LogP contribution in [0.3, 0.4) is 0 Å². The molecule has 0 radical (unpaired) electrons. The number of nitrogens with one attached hydrogen (secondary N) is 2. The van der Waals surface area contributed by atoms with Crippen molar-refractivity contribution in [1.29, 1.82) is 0 Å². The summed E-state index contributed by atoms with van der Waals surface area (Å²) >= 11 is 0. The minimum absolute atomic E-state index is 0.104. The first-order valence-electron chi connectivity index (χ1n) is 15.9. The number of benzene rings is 4. The Labute approximate surface area is 271 Å². The molecule has 3 N–H and O–H groups in total. The molecule has 0 aliphatic carbocycles. The van der Waals surface area contributed by atoms with Crippen LogP contribution >= 0.6 is 0 Å². The molecule has 1 heterocycles. The van der Waals surface area contributed by atoms with Crippen LogP contribution in [0.4, 0.5) is 0 Å². The number of nitrogens with zero attached hydrogens (tertiary/aromatic N) is 1. The van der Waals surface area contributed by atoms with E-state index < -0.39 is 17.7 Å². The number of carbonyl (C=O) groups excluding carboxylic acids is 3. The van der Waals surface area contributed by atoms with E-state index in [0.29, 0.717) is 47.3 Å². The van der Waals surface area contributed by atoms with Gasteiger partial charge in [-0.2, -0.15) is 0 Å². The van der Waals surface area contributed by atoms with E-state index in [2.05, 4.69) is 22.8 Å². The summed E-state index contributed by atoms with van der Waals surface area (Å²) in [6.07, 6.45) is 0.349. The van der Waals surface area contributed by atoms with Crippen molar-refractivity contribution in [3.63, 3.8) is 0 Å². The van der Waals surface area contributed by atoms with Crippen LogP contribution in [0.2, 0.25) is 0 Å². The molecule has 0 unspecified atom stereocenters. The maximum Gasteiger partial charge on any atom is 0.254 e. The first-order chi connectivity index (χ1) is 22.0. The molecule has 238 valence electrons. The van der Waals surface area contributed by atoms with Crippen LogP contribution in [0.1, 0.15) is 79.7 Å². The Morgan fingerprint density at radius 2 is 1.39 bits per heavy atom. The lowest BCUT2D eigenvalue weighted by molar-refractivity contribution is 0.0733. The highest BCUT2D eigenvalue weighted by Crippen LogP contribution is 2.23. The van der Waals surface area contributed by atoms with E-state index in [0.717, 1.165) is 17.5 Å². The number of aliphatic hydroxyl groups is 1. The Balaban J connectivity index is 1.37. The number of carbonyl (C=O) groups is 3. The summed E-state index contributed by atoms with van der Waals surface area (Å²) in [5.41, 5.74) is 5.60. The van der Waals surface area contributed by atoms with Crippen LogP contribution in [0.15, 0.2) is 97.1 Å². The summed E-state index contributed by atoms with van der Waals surface area (Å²) in [6.45, 7) is 8.71. The van der Waals surface area contributed by atoms with Gasteiger partial charge in [0.15, 0.2) is 0 Å². The van der Waals surface area contributed by atoms with Gasteiger partial charge >= 0.3 is 0 Å². The van der Waals surface area contributed by atoms with Crippen molar-refractivity contribution in [2.24, 2.45) is 0 Å². The topological polar surface area (TPSA) is 98.7 Å². The molecule has 46 heavy (non-hydrogen) atoms. The monoisotopic (exact) mass is 617 g/mol. The number of hydrogen-bond acceptors (Lipinski definition) is 4. The second-order valence-corrected chi connectivity index (χ2v) is 13.1. The highest BCUT2D eigenvalue weighted by molar-refractivity contribution is 6.02. The van der Waals surface area contributed by atoms with Gasteiger partial charge in [-0.15, -0.1) is 0 Å². The number of amides is 3. The fourth-order valence-electron chi connectivity index (χ4n) is 6.05. The van der Waals surface area contributed by atoms with Gasteiger partial charge in [0.05, 0.1) is 12.1 Å². The summed E-state index contributed by atoms with van der Waals surface area (Å²) in [6, 6.07) is 29.6. The molecule has 0 spiro atoms. The maximum atomic E-state index is 13.9. The van der Waals surface area contributed by atoms with Gasteiger partial charge in [-0.05, 0) is 86.6 Å². The summed E-state index contributed by atoms with van der Waals surface area (Å²) in [7, 11) is 0. The van der Waals surface area contributed by atoms with Crippen molar-refractivity contribution in [3.8, 4) is 0 Å². The van der Waals surface area contributed by atoms with Crippen molar-refractivity contribution < 1.29 is 19.5 Å². The third-order valence-corrected chi connectivity index (χ3v) is 8.49. The van der Waals surface area contributed by atoms with Crippen LogP contribution in [0, 0.1) is 6.92 Å². The summed E-state index contributed by atoms with van der Waals surface area (Å²) < 4.78 is 0. The van der Waals surface area contributed by atoms with E-state index in [-0.39, 0.29) is 24.1 Å². The molecule has 7 nitrogen and oxygen atoms in total. The smallest absolute Gasteiger partial charge is 0.254 e. The van der Waals surface area contributed by atoms with Crippen LogP contribution in [-0.4, -0.2) is 52.0 Å². The molecule has 4 aromatic rings. The SMILES string of the molecule is Cc1c(C(=O)N[C@@H](Cc2ccccc2)[C@H](O)Cc2ccccc2C(=O)NC(C)(C)C)cccc1C(=O)N1CCc2ccccc2C1. The lowest BCUT2D eigenvalue weighted by Crippen LogP contribution is -2.46. The highest BCUT2D eigenvalue weighted by Gasteiger charge is 2.28. The third-order valence-electron chi connectivity index (χ3n) is 8.49. The van der Waals surface area contributed by atoms with Crippen molar-refractivity contribution in [2.75, 3.05) is 6.54 Å². The number of aliphatic hydroxyl groups excluding tert-OH is 1. The Bertz CT molecular complexity index is 1710. The second-order valence-electron chi connectivity index (χ2n) is 13.1. The first-order valence-corrected chi connectivity index (χ1v) is 15.9. The average Bonchev–Trinajstić information content (AvgIpc) is 3.04. The van der Waals surface area contributed by atoms with Gasteiger partial charge in [0, 0.05) is 41.7 Å². The summed E-state index contributed by atoms with van der Waals surface area (Å²) in [5, 5.41) is 17.7. The molecule has 5 rings (SSSR count). The van der Waals surface area contributed by atoms with Gasteiger partial charge in [-0.1, -0.05) is 78.9 Å². The van der Waals surface area contributed by atoms with Crippen LogP contribution in [0.5, 0.6) is 0 Å². The highest BCUT2D eigenvalue weighted by atomic mass is 16.3. The van der Waals surface area contributed by atoms with E-state index >= 15 is 0 Å². The molecule has 0 fully saturated rings. The van der Waals surface area contributed by atoms with E-state index in [4.69, 9.17) is 0 Å². The Morgan fingerprint density at radius 3 is 2.13 bits per heavy atom. The minimum Gasteiger partial charge on any atom is -0.391 e. The lowest BCUT2D eigenvalue weighted by Gasteiger charge is -2.30. The first kappa shape index (κ1) is 32.6. The van der Waals surface area contributed by atoms with E-state index in [1.807, 2.05) is 80.3 Å². The van der Waals surface area contributed by atoms with Gasteiger partial charge in [-0.25, -0.2) is 0 Å². The minimum atomic E-state index is -0.994. The Morgan fingerprint density at radius 1 is 0.761 bits per heavy atom. The molecule has 0 saturated heterocycles. The molecule has 4 aromatic carbocycles. The van der Waals surface area contributed by atoms with Crippen LogP contribution < -0.4 is 10.6 Å². The van der Waals surface area contributed by atoms with Crippen LogP contribution in [0.25, 0.3) is 0 Å². The molecule has 1 aliphatic heterocycles. The number of rotatable bonds is 9. The van der Waals surface area contributed by atoms with E-state index in [9.17, 15) is 19.5 Å². The molecule has 0 bridgehead atoms. The fraction of sp³-hybridized carbons (Fsp3) is 0.308. The Kier molecular flexibility index (Phi) is 10.0. The summed E-state index contributed by atoms with van der Waals surface area (Å²) in [5.74, 6) is -0.684. The fourth-order valence-corrected chi connectivity index (χ4v) is 6.05. The molecule has 3 amide bonds. The molecular weight excluding hydrogens is 574 g/mol. The molecule has 0 saturated carbocycles. The number of hydrogen-bond donors (Lipinski definition) is 3. The van der Waals surface area contributed by atoms with Crippen molar-refractivity contribution >= 4 is 17.7 Å². The Hall–Kier alpha value is -4.75. The predicted molar refractivity (Wildman–Crippen MR) is 181 cm³/mol. The normalized spacial score (nSPS) is 14.2. The summed E-state index contributed by atoms with van der Waals surface area (Å²) in [4.78, 5) is 42.5. The van der Waals surface area contributed by atoms with E-state index in [1.54, 1.807) is 37.3 Å². The van der Waals surface area contributed by atoms with Crippen molar-refractivity contribution in [3.05, 3.63) is 142 Å². The van der Waals surface area contributed by atoms with Gasteiger partial charge in [0.2, 0.25) is 0 Å². The standard InChI is InChI=1S/C39H43N3O4/c1-26-31(19-12-20-32(26)38(46)42-22-21-28-15-8-9-17-30(28)25-42)36(44)40-34(23-27-13-6-5-7-14-27)35(43)24-29-16-10-11-18-33(29)37(45)41-39(2,3)4/h5-20,34-35,43H,21-25H2,1-4H3,(H,40,44)(H,41,45)/t34-,35+/m0/s1. The van der Waals surface area contributed by atoms with Gasteiger partial charge in [0.1, 0.15) is 0 Å². The zero-order chi connectivity index (χ0) is 32.8. The van der Waals surface area contributed by atoms with Crippen molar-refractivity contribution in [2.45, 2.75) is 71.2 Å². The predicted octanol–water partition coefficient (Wildman–Crippen LogP) is 5.67. The quantitative estimate of drug-likeness (QED) is 0.226. The van der Waals surface area contributed by atoms with E-state index in [1.165, 1.54) is 5.56 Å². The largest absolute Gasteiger partial charge is 0.391 e. The molecule has 2 atom stereocenters.